The van der Waals surface area contributed by atoms with Crippen LogP contribution >= 0.6 is 0 Å². The van der Waals surface area contributed by atoms with Gasteiger partial charge >= 0.3 is 41.5 Å². The van der Waals surface area contributed by atoms with Crippen molar-refractivity contribution >= 4 is 11.9 Å². The molecule has 0 fully saturated rings. The van der Waals surface area contributed by atoms with Crippen molar-refractivity contribution in [2.75, 3.05) is 6.61 Å². The van der Waals surface area contributed by atoms with Crippen molar-refractivity contribution < 1.29 is 90.6 Å². The number of phenolic OH excluding ortho intramolecular Hbond substituents is 4. The number of carbonyl (C=O) groups excluding carboxylic acids is 1. The Bertz CT molecular complexity index is 946. The molecular formula is C20H29N2NaO12. The minimum absolute atomic E-state index is 0. The zero-order valence-corrected chi connectivity index (χ0v) is 20.9. The zero-order valence-electron chi connectivity index (χ0n) is 18.9. The molecule has 192 valence electrons. The molecule has 0 saturated carbocycles. The van der Waals surface area contributed by atoms with Crippen LogP contribution in [0.1, 0.15) is 30.3 Å². The van der Waals surface area contributed by atoms with Gasteiger partial charge in [0.25, 0.3) is 0 Å². The summed E-state index contributed by atoms with van der Waals surface area (Å²) >= 11 is 0. The van der Waals surface area contributed by atoms with Gasteiger partial charge in [-0.3, -0.25) is 9.59 Å². The van der Waals surface area contributed by atoms with Gasteiger partial charge in [-0.2, -0.15) is 0 Å². The van der Waals surface area contributed by atoms with Gasteiger partial charge in [-0.15, -0.1) is 0 Å². The summed E-state index contributed by atoms with van der Waals surface area (Å²) < 4.78 is 4.66. The van der Waals surface area contributed by atoms with E-state index in [0.717, 1.165) is 18.2 Å². The second-order valence-electron chi connectivity index (χ2n) is 6.53. The Balaban J connectivity index is -0.000000542. The molecule has 0 aromatic heterocycles. The first-order valence-electron chi connectivity index (χ1n) is 9.21. The number of esters is 1. The van der Waals surface area contributed by atoms with Gasteiger partial charge in [0.15, 0.2) is 23.0 Å². The Labute approximate surface area is 221 Å². The van der Waals surface area contributed by atoms with Crippen molar-refractivity contribution in [3.05, 3.63) is 47.5 Å². The second-order valence-corrected chi connectivity index (χ2v) is 6.53. The largest absolute Gasteiger partial charge is 1.00 e. The number of carboxylic acid groups (broad SMARTS) is 1. The van der Waals surface area contributed by atoms with E-state index >= 15 is 0 Å². The van der Waals surface area contributed by atoms with Crippen molar-refractivity contribution in [3.8, 4) is 23.0 Å². The minimum atomic E-state index is -1.48. The predicted octanol–water partition coefficient (Wildman–Crippen LogP) is -4.43. The number of aromatic hydroxyl groups is 4. The number of aliphatic hydroxyl groups is 2. The van der Waals surface area contributed by atoms with E-state index in [1.807, 2.05) is 0 Å². The third-order valence-electron chi connectivity index (χ3n) is 4.21. The number of carbonyl (C=O) groups is 2. The van der Waals surface area contributed by atoms with Gasteiger partial charge in [0, 0.05) is 0 Å². The van der Waals surface area contributed by atoms with Crippen LogP contribution in [0.2, 0.25) is 0 Å². The second kappa shape index (κ2) is 16.9. The molecule has 0 radical (unpaired) electrons. The Hall–Kier alpha value is -2.66. The predicted molar refractivity (Wildman–Crippen MR) is 115 cm³/mol. The van der Waals surface area contributed by atoms with E-state index in [1.54, 1.807) is 6.92 Å². The van der Waals surface area contributed by atoms with Gasteiger partial charge in [0.05, 0.1) is 6.61 Å². The quantitative estimate of drug-likeness (QED) is 0.0962. The van der Waals surface area contributed by atoms with Crippen LogP contribution < -0.4 is 41.0 Å². The monoisotopic (exact) mass is 512 g/mol. The fourth-order valence-electron chi connectivity index (χ4n) is 2.37. The number of hydrogen-bond donors (Lipinski definition) is 9. The molecule has 0 heterocycles. The Morgan fingerprint density at radius 1 is 0.829 bits per heavy atom. The molecular weight excluding hydrogens is 483 g/mol. The standard InChI is InChI=1S/C11H15NO5.C9H11NO5.Na.2H2O/c1-2-17-11(16)9(12)10(15)6-3-4-7(13)8(14)5-6;10-7(9(14)15)8(13)4-1-2-5(11)6(12)3-4;;;/h3-5,9-10,13-15H,2,12H2,1H3;1-3,7-8,11-13H,10H2,(H,14,15);;2*1H2/q;;+1;;/p-1/t9-,10+;7-,8+;;;/m00.../s1. The maximum atomic E-state index is 11.3. The fourth-order valence-corrected chi connectivity index (χ4v) is 2.37. The van der Waals surface area contributed by atoms with E-state index in [9.17, 15) is 24.9 Å². The maximum absolute atomic E-state index is 11.3. The molecule has 0 bridgehead atoms. The van der Waals surface area contributed by atoms with Crippen LogP contribution in [0, 0.1) is 0 Å². The molecule has 15 heteroatoms. The first-order valence-corrected chi connectivity index (χ1v) is 9.21. The molecule has 2 aromatic rings. The first kappa shape index (κ1) is 36.9. The van der Waals surface area contributed by atoms with Gasteiger partial charge in [0.1, 0.15) is 24.3 Å². The Morgan fingerprint density at radius 2 is 1.20 bits per heavy atom. The van der Waals surface area contributed by atoms with Crippen molar-refractivity contribution in [2.45, 2.75) is 31.2 Å². The van der Waals surface area contributed by atoms with Crippen LogP contribution in [-0.2, 0) is 14.3 Å². The van der Waals surface area contributed by atoms with E-state index in [4.69, 9.17) is 31.9 Å². The minimum Gasteiger partial charge on any atom is -0.870 e. The van der Waals surface area contributed by atoms with Gasteiger partial charge in [0.2, 0.25) is 0 Å². The molecule has 0 aliphatic carbocycles. The van der Waals surface area contributed by atoms with E-state index in [0.29, 0.717) is 0 Å². The third kappa shape index (κ3) is 10.6. The molecule has 0 aliphatic heterocycles. The summed E-state index contributed by atoms with van der Waals surface area (Å²) in [6.07, 6.45) is -2.74. The Morgan fingerprint density at radius 3 is 1.51 bits per heavy atom. The molecule has 0 spiro atoms. The van der Waals surface area contributed by atoms with Gasteiger partial charge in [-0.05, 0) is 42.3 Å². The van der Waals surface area contributed by atoms with Crippen molar-refractivity contribution in [1.29, 1.82) is 0 Å². The van der Waals surface area contributed by atoms with Gasteiger partial charge in [-0.1, -0.05) is 12.1 Å². The number of benzene rings is 2. The summed E-state index contributed by atoms with van der Waals surface area (Å²) in [4.78, 5) is 21.8. The summed E-state index contributed by atoms with van der Waals surface area (Å²) in [7, 11) is 0. The first-order chi connectivity index (χ1) is 14.9. The summed E-state index contributed by atoms with van der Waals surface area (Å²) in [6, 6.07) is 4.46. The van der Waals surface area contributed by atoms with E-state index < -0.39 is 47.7 Å². The topological polar surface area (TPSA) is 299 Å². The average molecular weight is 512 g/mol. The van der Waals surface area contributed by atoms with Crippen LogP contribution in [0.4, 0.5) is 0 Å². The van der Waals surface area contributed by atoms with Crippen molar-refractivity contribution in [2.24, 2.45) is 11.5 Å². The van der Waals surface area contributed by atoms with E-state index in [1.165, 1.54) is 18.2 Å². The SMILES string of the molecule is CCOC(=O)[C@@H](N)[C@H](O)c1ccc(O)c(O)c1.N[C@H](C(=O)O)[C@H](O)c1ccc(O)c(O)c1.O.[Na+].[OH-]. The molecule has 0 saturated heterocycles. The van der Waals surface area contributed by atoms with Crippen LogP contribution in [-0.4, -0.2) is 77.3 Å². The molecule has 0 unspecified atom stereocenters. The summed E-state index contributed by atoms with van der Waals surface area (Å²) in [5, 5.41) is 64.3. The number of carboxylic acids is 1. The molecule has 4 atom stereocenters. The maximum Gasteiger partial charge on any atom is 1.00 e. The van der Waals surface area contributed by atoms with Crippen LogP contribution in [0.15, 0.2) is 36.4 Å². The number of phenols is 4. The van der Waals surface area contributed by atoms with Crippen LogP contribution in [0.25, 0.3) is 0 Å². The number of aliphatic carboxylic acids is 1. The van der Waals surface area contributed by atoms with Gasteiger partial charge in [-0.25, -0.2) is 0 Å². The van der Waals surface area contributed by atoms with Gasteiger partial charge < -0.3 is 62.9 Å². The summed E-state index contributed by atoms with van der Waals surface area (Å²) in [5.74, 6) is -3.58. The van der Waals surface area contributed by atoms with E-state index in [-0.39, 0.29) is 69.7 Å². The van der Waals surface area contributed by atoms with Crippen LogP contribution in [0.3, 0.4) is 0 Å². The molecule has 14 N–H and O–H groups in total. The fraction of sp³-hybridized carbons (Fsp3) is 0.300. The average Bonchev–Trinajstić information content (AvgIpc) is 2.76. The summed E-state index contributed by atoms with van der Waals surface area (Å²) in [5.41, 5.74) is 11.0. The molecule has 2 rings (SSSR count). The Kier molecular flexibility index (Phi) is 17.8. The smallest absolute Gasteiger partial charge is 0.870 e. The number of rotatable bonds is 7. The third-order valence-corrected chi connectivity index (χ3v) is 4.21. The van der Waals surface area contributed by atoms with E-state index in [2.05, 4.69) is 4.74 Å². The molecule has 35 heavy (non-hydrogen) atoms. The summed E-state index contributed by atoms with van der Waals surface area (Å²) in [6.45, 7) is 1.80. The van der Waals surface area contributed by atoms with Crippen molar-refractivity contribution in [1.82, 2.24) is 0 Å². The number of aliphatic hydroxyl groups excluding tert-OH is 2. The van der Waals surface area contributed by atoms with Crippen molar-refractivity contribution in [3.63, 3.8) is 0 Å². The number of nitrogens with two attached hydrogens (primary N) is 2. The number of hydrogen-bond acceptors (Lipinski definition) is 12. The number of ether oxygens (including phenoxy) is 1. The zero-order chi connectivity index (χ0) is 24.6. The normalized spacial score (nSPS) is 13.1. The molecule has 2 aromatic carbocycles. The molecule has 0 aliphatic rings. The van der Waals surface area contributed by atoms with Crippen LogP contribution in [0.5, 0.6) is 23.0 Å². The molecule has 14 nitrogen and oxygen atoms in total. The molecule has 0 amide bonds.